The van der Waals surface area contributed by atoms with Crippen LogP contribution >= 0.6 is 11.8 Å². The van der Waals surface area contributed by atoms with Crippen LogP contribution in [0.2, 0.25) is 0 Å². The smallest absolute Gasteiger partial charge is 0.252 e. The third-order valence-corrected chi connectivity index (χ3v) is 19.6. The van der Waals surface area contributed by atoms with Crippen LogP contribution in [0.25, 0.3) is 88.2 Å². The normalized spacial score (nSPS) is 13.5. The Morgan fingerprint density at radius 1 is 0.552 bits per heavy atom. The molecule has 7 heterocycles. The van der Waals surface area contributed by atoms with Gasteiger partial charge in [-0.1, -0.05) is 177 Å². The molecule has 3 aliphatic rings. The number of aryl methyl sites for hydroxylation is 2. The van der Waals surface area contributed by atoms with E-state index in [0.29, 0.717) is 0 Å². The molecule has 13 aromatic rings. The molecule has 3 aliphatic heterocycles. The first-order valence-corrected chi connectivity index (χ1v) is 31.1. The van der Waals surface area contributed by atoms with E-state index in [2.05, 4.69) is 248 Å². The molecule has 87 heavy (non-hydrogen) atoms. The van der Waals surface area contributed by atoms with Crippen LogP contribution in [0.1, 0.15) is 116 Å². The van der Waals surface area contributed by atoms with E-state index in [9.17, 15) is 4.39 Å². The van der Waals surface area contributed by atoms with Crippen LogP contribution in [0.15, 0.2) is 174 Å². The summed E-state index contributed by atoms with van der Waals surface area (Å²) in [6.45, 7) is 32.3. The Kier molecular flexibility index (Phi) is 13.0. The number of pyridine rings is 2. The van der Waals surface area contributed by atoms with E-state index in [1.54, 1.807) is 6.07 Å². The van der Waals surface area contributed by atoms with Gasteiger partial charge in [-0.05, 0) is 163 Å². The summed E-state index contributed by atoms with van der Waals surface area (Å²) in [5, 5.41) is 6.05. The summed E-state index contributed by atoms with van der Waals surface area (Å²) >= 11 is 1.96. The molecule has 0 fully saturated rings. The molecule has 0 bridgehead atoms. The summed E-state index contributed by atoms with van der Waals surface area (Å²) in [4.78, 5) is 14.9. The maximum absolute atomic E-state index is 12.7. The molecule has 1 radical (unpaired) electrons. The van der Waals surface area contributed by atoms with E-state index in [4.69, 9.17) is 4.98 Å². The van der Waals surface area contributed by atoms with Crippen molar-refractivity contribution in [1.29, 1.82) is 0 Å². The molecule has 433 valence electrons. The van der Waals surface area contributed by atoms with Gasteiger partial charge in [0.1, 0.15) is 0 Å². The zero-order chi connectivity index (χ0) is 59.8. The summed E-state index contributed by atoms with van der Waals surface area (Å²) in [6.07, 6.45) is 1.82. The van der Waals surface area contributed by atoms with Crippen molar-refractivity contribution in [3.8, 4) is 28.1 Å². The maximum Gasteiger partial charge on any atom is 0.252 e. The molecular formula is C78H69BFIrN5S-2. The number of benzene rings is 9. The summed E-state index contributed by atoms with van der Waals surface area (Å²) in [7, 11) is 0. The van der Waals surface area contributed by atoms with E-state index in [-0.39, 0.29) is 54.3 Å². The van der Waals surface area contributed by atoms with Crippen LogP contribution in [0.3, 0.4) is 0 Å². The van der Waals surface area contributed by atoms with Crippen LogP contribution in [0.4, 0.5) is 21.5 Å². The van der Waals surface area contributed by atoms with Crippen LogP contribution < -0.4 is 21.3 Å². The first kappa shape index (κ1) is 57.0. The second-order valence-electron chi connectivity index (χ2n) is 28.4. The van der Waals surface area contributed by atoms with E-state index < -0.39 is 0 Å². The standard InChI is InChI=1S/C65H58BN4S.C13H11FN.Ir/c1-62(2,3)37-24-26-50-44(30-37)45-31-39(64(7,8)9)32-46-59(45)68(50)53-28-36(41-19-17-20-43-57(41)42-18-13-15-22-49(42)70-51-23-16-14-21-48(51)67-61(43)70)29-54-58(53)66(46)47-33-40(65(10,11)12)35-56-60(47)69(54)52-27-25-38(63(4,5)6)34-55(52)71-56;1-9-7-13(15-8-10(9)2)11-3-5-12(14)6-4-11;/h13-19,21-35H,1-12H3;3,5-8H,1-2H3;/q2*-1;. The molecule has 0 spiro atoms. The Morgan fingerprint density at radius 3 is 1.93 bits per heavy atom. The number of nitrogens with zero attached hydrogens (tertiary/aromatic N) is 5. The molecule has 0 atom stereocenters. The number of imidazole rings is 1. The predicted molar refractivity (Wildman–Crippen MR) is 363 cm³/mol. The number of hydrogen-bond donors (Lipinski definition) is 0. The Bertz CT molecular complexity index is 5060. The molecule has 0 saturated carbocycles. The SMILES string of the molecule is CC(C)(C)c1ccc2c(c1)Sc1cc(C(C)(C)C)cc3c1N2c1cc(-c2cc[c-]c4c2c2ccccc2n2c5ccccc5nc42)cc2c1B3c1cc(C(C)(C)C)cc3c4cc(C(C)(C)C)ccc4n-2c13.Cc1cnc(-c2[c-]cc(F)cc2)cc1C.[Ir]. The van der Waals surface area contributed by atoms with Gasteiger partial charge in [0.25, 0.3) is 6.71 Å². The summed E-state index contributed by atoms with van der Waals surface area (Å²) < 4.78 is 17.7. The summed E-state index contributed by atoms with van der Waals surface area (Å²) in [6, 6.07) is 64.7. The zero-order valence-electron chi connectivity index (χ0n) is 52.0. The molecule has 0 amide bonds. The van der Waals surface area contributed by atoms with Gasteiger partial charge in [0.15, 0.2) is 0 Å². The number of rotatable bonds is 2. The molecule has 0 unspecified atom stereocenters. The molecule has 4 aromatic heterocycles. The molecule has 9 aromatic carbocycles. The average molecular weight is 1330 g/mol. The number of anilines is 3. The molecule has 16 rings (SSSR count). The summed E-state index contributed by atoms with van der Waals surface area (Å²) in [5.41, 5.74) is 27.6. The van der Waals surface area contributed by atoms with Gasteiger partial charge in [0.05, 0.1) is 33.6 Å². The van der Waals surface area contributed by atoms with Crippen molar-refractivity contribution in [2.75, 3.05) is 4.90 Å². The van der Waals surface area contributed by atoms with Gasteiger partial charge in [0.2, 0.25) is 0 Å². The zero-order valence-corrected chi connectivity index (χ0v) is 55.2. The van der Waals surface area contributed by atoms with Gasteiger partial charge in [-0.15, -0.1) is 48.0 Å². The van der Waals surface area contributed by atoms with Crippen molar-refractivity contribution in [2.45, 2.75) is 128 Å². The molecule has 0 N–H and O–H groups in total. The third-order valence-electron chi connectivity index (χ3n) is 18.6. The van der Waals surface area contributed by atoms with Gasteiger partial charge in [-0.2, -0.15) is 0 Å². The monoisotopic (exact) mass is 1330 g/mol. The first-order chi connectivity index (χ1) is 40.9. The predicted octanol–water partition coefficient (Wildman–Crippen LogP) is 18.9. The van der Waals surface area contributed by atoms with E-state index >= 15 is 0 Å². The van der Waals surface area contributed by atoms with Gasteiger partial charge >= 0.3 is 0 Å². The van der Waals surface area contributed by atoms with Crippen LogP contribution in [-0.4, -0.2) is 25.6 Å². The Labute approximate surface area is 528 Å². The van der Waals surface area contributed by atoms with Crippen molar-refractivity contribution >= 4 is 112 Å². The van der Waals surface area contributed by atoms with Crippen molar-refractivity contribution < 1.29 is 24.5 Å². The second-order valence-corrected chi connectivity index (χ2v) is 29.5. The minimum Gasteiger partial charge on any atom is -0.333 e. The Morgan fingerprint density at radius 2 is 1.21 bits per heavy atom. The number of fused-ring (bicyclic) bond motifs is 17. The van der Waals surface area contributed by atoms with Crippen molar-refractivity contribution in [3.05, 3.63) is 215 Å². The summed E-state index contributed by atoms with van der Waals surface area (Å²) in [5.74, 6) is -0.275. The van der Waals surface area contributed by atoms with E-state index in [1.165, 1.54) is 133 Å². The van der Waals surface area contributed by atoms with Gasteiger partial charge in [0, 0.05) is 75.1 Å². The number of aromatic nitrogens is 4. The minimum absolute atomic E-state index is 0. The van der Waals surface area contributed by atoms with Gasteiger partial charge in [-0.25, -0.2) is 0 Å². The largest absolute Gasteiger partial charge is 0.333 e. The van der Waals surface area contributed by atoms with Crippen molar-refractivity contribution in [2.24, 2.45) is 0 Å². The Hall–Kier alpha value is -7.81. The quantitative estimate of drug-likeness (QED) is 0.0982. The average Bonchev–Trinajstić information content (AvgIpc) is 1.68. The van der Waals surface area contributed by atoms with Crippen LogP contribution in [0.5, 0.6) is 0 Å². The van der Waals surface area contributed by atoms with Crippen molar-refractivity contribution in [3.63, 3.8) is 0 Å². The van der Waals surface area contributed by atoms with Crippen LogP contribution in [0, 0.1) is 31.8 Å². The topological polar surface area (TPSA) is 38.4 Å². The maximum atomic E-state index is 12.7. The fourth-order valence-corrected chi connectivity index (χ4v) is 14.8. The fourth-order valence-electron chi connectivity index (χ4n) is 13.7. The molecule has 9 heteroatoms. The molecule has 0 aliphatic carbocycles. The van der Waals surface area contributed by atoms with Crippen LogP contribution in [-0.2, 0) is 41.8 Å². The fraction of sp³-hybridized carbons (Fsp3) is 0.231. The third kappa shape index (κ3) is 8.95. The number of para-hydroxylation sites is 3. The molecular weight excluding hydrogens is 1260 g/mol. The van der Waals surface area contributed by atoms with E-state index in [0.717, 1.165) is 44.4 Å². The van der Waals surface area contributed by atoms with Gasteiger partial charge in [-0.3, -0.25) is 9.37 Å². The molecule has 5 nitrogen and oxygen atoms in total. The number of hydrogen-bond acceptors (Lipinski definition) is 4. The molecule has 0 saturated heterocycles. The van der Waals surface area contributed by atoms with E-state index in [1.807, 2.05) is 37.9 Å². The number of halogens is 1. The van der Waals surface area contributed by atoms with Gasteiger partial charge < -0.3 is 18.9 Å². The minimum atomic E-state index is -0.275. The Balaban J connectivity index is 0.000000365. The first-order valence-electron chi connectivity index (χ1n) is 30.3. The second kappa shape index (κ2) is 19.9. The van der Waals surface area contributed by atoms with Crippen molar-refractivity contribution in [1.82, 2.24) is 18.9 Å².